The summed E-state index contributed by atoms with van der Waals surface area (Å²) < 4.78 is 22.0. The minimum Gasteiger partial charge on any atom is -0.756 e. The molecule has 0 radical (unpaired) electrons. The summed E-state index contributed by atoms with van der Waals surface area (Å²) in [6.07, 6.45) is 41.9. The fourth-order valence-electron chi connectivity index (χ4n) is 5.69. The standard InChI is InChI=1S/C36H75O4P.K/c1-3-5-7-9-11-13-15-17-19-21-23-25-27-29-31-33-35-39-41(37,38)40-36-34-32-30-28-26-24-22-20-18-16-14-12-10-8-6-4-2;/h3-36H2,1-2H3,(H,37,38);/q;+1/p-1. The van der Waals surface area contributed by atoms with Gasteiger partial charge in [-0.3, -0.25) is 4.57 Å². The second kappa shape index (κ2) is 38.9. The summed E-state index contributed by atoms with van der Waals surface area (Å²) in [5, 5.41) is 0. The third-order valence-electron chi connectivity index (χ3n) is 8.49. The van der Waals surface area contributed by atoms with Crippen LogP contribution in [0.25, 0.3) is 0 Å². The van der Waals surface area contributed by atoms with E-state index in [1.54, 1.807) is 0 Å². The molecule has 0 aliphatic rings. The van der Waals surface area contributed by atoms with Gasteiger partial charge >= 0.3 is 51.4 Å². The van der Waals surface area contributed by atoms with Gasteiger partial charge in [0.25, 0.3) is 7.82 Å². The minimum absolute atomic E-state index is 0. The quantitative estimate of drug-likeness (QED) is 0.0388. The first-order valence-corrected chi connectivity index (χ1v) is 20.2. The molecule has 0 saturated carbocycles. The molecule has 0 aliphatic heterocycles. The molecule has 248 valence electrons. The van der Waals surface area contributed by atoms with E-state index >= 15 is 0 Å². The zero-order chi connectivity index (χ0) is 30.0. The molecule has 0 aromatic carbocycles. The van der Waals surface area contributed by atoms with Gasteiger partial charge in [-0.1, -0.05) is 206 Å². The van der Waals surface area contributed by atoms with Gasteiger partial charge in [0.05, 0.1) is 13.2 Å². The molecule has 0 aromatic rings. The van der Waals surface area contributed by atoms with Crippen LogP contribution in [0, 0.1) is 0 Å². The molecule has 0 fully saturated rings. The van der Waals surface area contributed by atoms with Gasteiger partial charge in [-0.25, -0.2) is 0 Å². The molecule has 0 rings (SSSR count). The van der Waals surface area contributed by atoms with Crippen molar-refractivity contribution in [2.45, 2.75) is 219 Å². The van der Waals surface area contributed by atoms with Crippen molar-refractivity contribution in [1.29, 1.82) is 0 Å². The molecule has 0 aromatic heterocycles. The fraction of sp³-hybridized carbons (Fsp3) is 1.00. The van der Waals surface area contributed by atoms with Gasteiger partial charge in [0.1, 0.15) is 0 Å². The minimum atomic E-state index is -4.12. The van der Waals surface area contributed by atoms with Gasteiger partial charge in [-0.15, -0.1) is 0 Å². The van der Waals surface area contributed by atoms with Gasteiger partial charge in [-0.2, -0.15) is 0 Å². The second-order valence-electron chi connectivity index (χ2n) is 12.7. The molecule has 0 N–H and O–H groups in total. The summed E-state index contributed by atoms with van der Waals surface area (Å²) in [5.41, 5.74) is 0. The van der Waals surface area contributed by atoms with Crippen LogP contribution in [-0.2, 0) is 13.6 Å². The SMILES string of the molecule is CCCCCCCCCCCCCCCCCCOP(=O)([O-])OCCCCCCCCCCCCCCCCCC.[K+]. The Morgan fingerprint density at radius 2 is 0.524 bits per heavy atom. The number of rotatable bonds is 36. The summed E-state index contributed by atoms with van der Waals surface area (Å²) in [5.74, 6) is 0. The molecule has 0 atom stereocenters. The van der Waals surface area contributed by atoms with Crippen LogP contribution in [0.15, 0.2) is 0 Å². The number of hydrogen-bond donors (Lipinski definition) is 0. The average molecular weight is 641 g/mol. The molecule has 4 nitrogen and oxygen atoms in total. The fourth-order valence-corrected chi connectivity index (χ4v) is 6.47. The van der Waals surface area contributed by atoms with Crippen molar-refractivity contribution >= 4 is 7.82 Å². The van der Waals surface area contributed by atoms with Crippen LogP contribution in [0.5, 0.6) is 0 Å². The van der Waals surface area contributed by atoms with Crippen LogP contribution >= 0.6 is 7.82 Å². The Morgan fingerprint density at radius 1 is 0.357 bits per heavy atom. The van der Waals surface area contributed by atoms with E-state index in [1.165, 1.54) is 180 Å². The molecule has 6 heteroatoms. The number of phosphoric acid groups is 1. The van der Waals surface area contributed by atoms with Gasteiger partial charge in [-0.05, 0) is 12.8 Å². The summed E-state index contributed by atoms with van der Waals surface area (Å²) in [4.78, 5) is 11.9. The van der Waals surface area contributed by atoms with E-state index in [2.05, 4.69) is 13.8 Å². The first kappa shape index (κ1) is 45.9. The van der Waals surface area contributed by atoms with Gasteiger partial charge in [0, 0.05) is 0 Å². The molecule has 42 heavy (non-hydrogen) atoms. The Kier molecular flexibility index (Phi) is 42.5. The van der Waals surface area contributed by atoms with Crippen LogP contribution in [-0.4, -0.2) is 13.2 Å². The van der Waals surface area contributed by atoms with Gasteiger partial charge < -0.3 is 13.9 Å². The average Bonchev–Trinajstić information content (AvgIpc) is 2.96. The molecule has 0 unspecified atom stereocenters. The van der Waals surface area contributed by atoms with Crippen molar-refractivity contribution in [1.82, 2.24) is 0 Å². The number of hydrogen-bond acceptors (Lipinski definition) is 4. The van der Waals surface area contributed by atoms with E-state index in [1.807, 2.05) is 0 Å². The molecule has 0 heterocycles. The van der Waals surface area contributed by atoms with E-state index in [9.17, 15) is 9.46 Å². The van der Waals surface area contributed by atoms with E-state index in [0.717, 1.165) is 25.7 Å². The Bertz CT molecular complexity index is 493. The zero-order valence-electron chi connectivity index (χ0n) is 29.1. The normalized spacial score (nSPS) is 11.7. The first-order valence-electron chi connectivity index (χ1n) is 18.7. The first-order chi connectivity index (χ1) is 20.1. The summed E-state index contributed by atoms with van der Waals surface area (Å²) in [6, 6.07) is 0. The van der Waals surface area contributed by atoms with Gasteiger partial charge in [0.15, 0.2) is 0 Å². The molecule has 0 saturated heterocycles. The summed E-state index contributed by atoms with van der Waals surface area (Å²) in [6.45, 7) is 5.08. The Morgan fingerprint density at radius 3 is 0.714 bits per heavy atom. The van der Waals surface area contributed by atoms with Crippen molar-refractivity contribution in [3.8, 4) is 0 Å². The van der Waals surface area contributed by atoms with Crippen molar-refractivity contribution in [2.24, 2.45) is 0 Å². The van der Waals surface area contributed by atoms with Crippen LogP contribution < -0.4 is 56.3 Å². The second-order valence-corrected chi connectivity index (χ2v) is 14.1. The van der Waals surface area contributed by atoms with Crippen LogP contribution in [0.3, 0.4) is 0 Å². The Labute approximate surface area is 307 Å². The van der Waals surface area contributed by atoms with Gasteiger partial charge in [0.2, 0.25) is 0 Å². The summed E-state index contributed by atoms with van der Waals surface area (Å²) >= 11 is 0. The maximum absolute atomic E-state index is 11.9. The van der Waals surface area contributed by atoms with Crippen LogP contribution in [0.1, 0.15) is 219 Å². The van der Waals surface area contributed by atoms with Crippen molar-refractivity contribution in [2.75, 3.05) is 13.2 Å². The Hall–Kier alpha value is 1.75. The van der Waals surface area contributed by atoms with Crippen molar-refractivity contribution in [3.63, 3.8) is 0 Å². The maximum Gasteiger partial charge on any atom is 1.00 e. The zero-order valence-corrected chi connectivity index (χ0v) is 33.1. The smallest absolute Gasteiger partial charge is 0.756 e. The largest absolute Gasteiger partial charge is 1.00 e. The molecule has 0 amide bonds. The van der Waals surface area contributed by atoms with Crippen molar-refractivity contribution in [3.05, 3.63) is 0 Å². The third kappa shape index (κ3) is 39.8. The molecule has 0 aliphatic carbocycles. The topological polar surface area (TPSA) is 58.6 Å². The van der Waals surface area contributed by atoms with E-state index in [-0.39, 0.29) is 64.6 Å². The maximum atomic E-state index is 11.9. The van der Waals surface area contributed by atoms with Crippen molar-refractivity contribution < 1.29 is 69.9 Å². The number of phosphoric ester groups is 1. The molecule has 0 spiro atoms. The van der Waals surface area contributed by atoms with Crippen LogP contribution in [0.2, 0.25) is 0 Å². The molecular weight excluding hydrogens is 566 g/mol. The molecule has 0 bridgehead atoms. The van der Waals surface area contributed by atoms with E-state index in [4.69, 9.17) is 9.05 Å². The molecular formula is C36H74KO4P. The van der Waals surface area contributed by atoms with E-state index in [0.29, 0.717) is 0 Å². The number of unbranched alkanes of at least 4 members (excludes halogenated alkanes) is 30. The Balaban J connectivity index is 0. The predicted octanol–water partition coefficient (Wildman–Crippen LogP) is 10.0. The third-order valence-corrected chi connectivity index (χ3v) is 9.49. The van der Waals surface area contributed by atoms with Crippen LogP contribution in [0.4, 0.5) is 0 Å². The predicted molar refractivity (Wildman–Crippen MR) is 179 cm³/mol. The van der Waals surface area contributed by atoms with E-state index < -0.39 is 7.82 Å². The monoisotopic (exact) mass is 640 g/mol. The summed E-state index contributed by atoms with van der Waals surface area (Å²) in [7, 11) is -4.12.